The number of carbonyl (C=O) groups is 1. The Morgan fingerprint density at radius 2 is 2.00 bits per heavy atom. The van der Waals surface area contributed by atoms with Gasteiger partial charge < -0.3 is 9.88 Å². The molecule has 0 bridgehead atoms. The summed E-state index contributed by atoms with van der Waals surface area (Å²) in [4.78, 5) is 17.3. The van der Waals surface area contributed by atoms with Crippen LogP contribution in [0.4, 0.5) is 0 Å². The van der Waals surface area contributed by atoms with E-state index >= 15 is 0 Å². The number of para-hydroxylation sites is 1. The first-order valence-corrected chi connectivity index (χ1v) is 9.42. The van der Waals surface area contributed by atoms with Crippen molar-refractivity contribution in [1.29, 1.82) is 0 Å². The second-order valence-corrected chi connectivity index (χ2v) is 7.10. The SMILES string of the molecule is CC[C@@H](C)NC(=O)Cn1c2ccccc2c2nnc(-n3nc(C)cc3C)nc21. The Morgan fingerprint density at radius 3 is 2.71 bits per heavy atom. The third-order valence-corrected chi connectivity index (χ3v) is 4.88. The molecule has 3 heterocycles. The molecule has 0 aliphatic rings. The molecule has 1 aromatic carbocycles. The summed E-state index contributed by atoms with van der Waals surface area (Å²) < 4.78 is 3.56. The van der Waals surface area contributed by atoms with Gasteiger partial charge >= 0.3 is 0 Å². The van der Waals surface area contributed by atoms with Gasteiger partial charge in [0.1, 0.15) is 12.1 Å². The third kappa shape index (κ3) is 3.11. The van der Waals surface area contributed by atoms with Crippen molar-refractivity contribution in [3.05, 3.63) is 41.7 Å². The van der Waals surface area contributed by atoms with E-state index in [0.29, 0.717) is 17.1 Å². The summed E-state index contributed by atoms with van der Waals surface area (Å²) in [7, 11) is 0. The number of carbonyl (C=O) groups excluding carboxylic acids is 1. The number of hydrogen-bond donors (Lipinski definition) is 1. The minimum Gasteiger partial charge on any atom is -0.352 e. The molecular weight excluding hydrogens is 354 g/mol. The van der Waals surface area contributed by atoms with Crippen molar-refractivity contribution >= 4 is 28.0 Å². The zero-order chi connectivity index (χ0) is 19.8. The fraction of sp³-hybridized carbons (Fsp3) is 0.350. The second-order valence-electron chi connectivity index (χ2n) is 7.10. The fourth-order valence-corrected chi connectivity index (χ4v) is 3.34. The minimum absolute atomic E-state index is 0.0525. The van der Waals surface area contributed by atoms with E-state index in [1.54, 1.807) is 4.68 Å². The van der Waals surface area contributed by atoms with E-state index in [0.717, 1.165) is 28.7 Å². The second kappa shape index (κ2) is 7.03. The lowest BCUT2D eigenvalue weighted by Crippen LogP contribution is -2.34. The molecule has 1 atom stereocenters. The molecule has 0 aliphatic heterocycles. The number of rotatable bonds is 5. The van der Waals surface area contributed by atoms with Crippen LogP contribution in [0.1, 0.15) is 31.7 Å². The van der Waals surface area contributed by atoms with E-state index in [4.69, 9.17) is 4.98 Å². The summed E-state index contributed by atoms with van der Waals surface area (Å²) in [5, 5.41) is 17.1. The molecule has 0 spiro atoms. The van der Waals surface area contributed by atoms with Crippen LogP contribution >= 0.6 is 0 Å². The highest BCUT2D eigenvalue weighted by molar-refractivity contribution is 6.04. The highest BCUT2D eigenvalue weighted by Crippen LogP contribution is 2.26. The number of hydrogen-bond acceptors (Lipinski definition) is 5. The predicted molar refractivity (Wildman–Crippen MR) is 107 cm³/mol. The Bertz CT molecular complexity index is 1170. The first-order valence-electron chi connectivity index (χ1n) is 9.42. The van der Waals surface area contributed by atoms with Crippen molar-refractivity contribution in [3.8, 4) is 5.95 Å². The van der Waals surface area contributed by atoms with E-state index in [9.17, 15) is 4.79 Å². The highest BCUT2D eigenvalue weighted by atomic mass is 16.2. The van der Waals surface area contributed by atoms with Gasteiger partial charge in [0, 0.05) is 17.1 Å². The predicted octanol–water partition coefficient (Wildman–Crippen LogP) is 2.70. The Balaban J connectivity index is 1.86. The van der Waals surface area contributed by atoms with Crippen LogP contribution in [0.15, 0.2) is 30.3 Å². The third-order valence-electron chi connectivity index (χ3n) is 4.88. The lowest BCUT2D eigenvalue weighted by molar-refractivity contribution is -0.122. The van der Waals surface area contributed by atoms with Crippen LogP contribution in [0, 0.1) is 13.8 Å². The summed E-state index contributed by atoms with van der Waals surface area (Å²) in [5.41, 5.74) is 4.02. The lowest BCUT2D eigenvalue weighted by atomic mass is 10.2. The number of nitrogens with zero attached hydrogens (tertiary/aromatic N) is 6. The number of fused-ring (bicyclic) bond motifs is 3. The monoisotopic (exact) mass is 377 g/mol. The summed E-state index contributed by atoms with van der Waals surface area (Å²) in [6.45, 7) is 8.08. The standard InChI is InChI=1S/C20H23N7O/c1-5-12(2)21-17(28)11-26-16-9-7-6-8-15(16)18-19(26)22-20(24-23-18)27-14(4)10-13(3)25-27/h6-10,12H,5,11H2,1-4H3,(H,21,28)/t12-/m1/s1. The van der Waals surface area contributed by atoms with Crippen LogP contribution in [-0.4, -0.2) is 41.5 Å². The summed E-state index contributed by atoms with van der Waals surface area (Å²) in [6.07, 6.45) is 0.880. The molecular formula is C20H23N7O. The summed E-state index contributed by atoms with van der Waals surface area (Å²) in [5.74, 6) is 0.341. The molecule has 0 fully saturated rings. The van der Waals surface area contributed by atoms with Gasteiger partial charge in [-0.2, -0.15) is 10.1 Å². The zero-order valence-electron chi connectivity index (χ0n) is 16.5. The average Bonchev–Trinajstić information content (AvgIpc) is 3.18. The molecule has 1 amide bonds. The molecule has 0 aliphatic carbocycles. The molecule has 0 saturated carbocycles. The number of aryl methyl sites for hydroxylation is 2. The largest absolute Gasteiger partial charge is 0.352 e. The van der Waals surface area contributed by atoms with Crippen molar-refractivity contribution in [3.63, 3.8) is 0 Å². The molecule has 8 heteroatoms. The molecule has 0 saturated heterocycles. The molecule has 144 valence electrons. The summed E-state index contributed by atoms with van der Waals surface area (Å²) in [6, 6.07) is 9.92. The molecule has 0 unspecified atom stereocenters. The normalized spacial score (nSPS) is 12.6. The van der Waals surface area contributed by atoms with Crippen molar-refractivity contribution in [1.82, 2.24) is 34.8 Å². The molecule has 28 heavy (non-hydrogen) atoms. The topological polar surface area (TPSA) is 90.5 Å². The molecule has 4 rings (SSSR count). The van der Waals surface area contributed by atoms with Crippen molar-refractivity contribution in [2.24, 2.45) is 0 Å². The van der Waals surface area contributed by atoms with E-state index in [2.05, 4.69) is 20.6 Å². The zero-order valence-corrected chi connectivity index (χ0v) is 16.5. The first kappa shape index (κ1) is 18.1. The van der Waals surface area contributed by atoms with Crippen LogP contribution in [0.25, 0.3) is 28.0 Å². The van der Waals surface area contributed by atoms with Crippen LogP contribution in [0.5, 0.6) is 0 Å². The maximum Gasteiger partial charge on any atom is 0.272 e. The van der Waals surface area contributed by atoms with Crippen LogP contribution in [0.3, 0.4) is 0 Å². The molecule has 8 nitrogen and oxygen atoms in total. The maximum absolute atomic E-state index is 12.6. The quantitative estimate of drug-likeness (QED) is 0.577. The van der Waals surface area contributed by atoms with E-state index < -0.39 is 0 Å². The van der Waals surface area contributed by atoms with Gasteiger partial charge in [0.05, 0.1) is 11.2 Å². The Kier molecular flexibility index (Phi) is 4.54. The number of nitrogens with one attached hydrogen (secondary N) is 1. The first-order chi connectivity index (χ1) is 13.5. The van der Waals surface area contributed by atoms with Gasteiger partial charge in [-0.25, -0.2) is 4.68 Å². The lowest BCUT2D eigenvalue weighted by Gasteiger charge is -2.12. The van der Waals surface area contributed by atoms with Gasteiger partial charge in [-0.3, -0.25) is 4.79 Å². The number of amides is 1. The Labute approximate surface area is 162 Å². The van der Waals surface area contributed by atoms with E-state index in [1.165, 1.54) is 0 Å². The maximum atomic E-state index is 12.6. The Morgan fingerprint density at radius 1 is 1.21 bits per heavy atom. The Hall–Kier alpha value is -3.29. The van der Waals surface area contributed by atoms with Gasteiger partial charge in [0.25, 0.3) is 5.95 Å². The molecule has 4 aromatic rings. The smallest absolute Gasteiger partial charge is 0.272 e. The molecule has 1 N–H and O–H groups in total. The van der Waals surface area contributed by atoms with Gasteiger partial charge in [-0.05, 0) is 39.3 Å². The average molecular weight is 377 g/mol. The van der Waals surface area contributed by atoms with Gasteiger partial charge in [-0.15, -0.1) is 10.2 Å². The van der Waals surface area contributed by atoms with Gasteiger partial charge in [0.15, 0.2) is 5.65 Å². The molecule has 3 aromatic heterocycles. The molecule has 0 radical (unpaired) electrons. The fourth-order valence-electron chi connectivity index (χ4n) is 3.34. The van der Waals surface area contributed by atoms with Crippen molar-refractivity contribution < 1.29 is 4.79 Å². The van der Waals surface area contributed by atoms with Crippen LogP contribution in [-0.2, 0) is 11.3 Å². The van der Waals surface area contributed by atoms with E-state index in [1.807, 2.05) is 62.6 Å². The number of benzene rings is 1. The van der Waals surface area contributed by atoms with Crippen molar-refractivity contribution in [2.45, 2.75) is 46.7 Å². The minimum atomic E-state index is -0.0525. The van der Waals surface area contributed by atoms with Gasteiger partial charge in [0.2, 0.25) is 5.91 Å². The van der Waals surface area contributed by atoms with Crippen LogP contribution in [0.2, 0.25) is 0 Å². The van der Waals surface area contributed by atoms with Crippen LogP contribution < -0.4 is 5.32 Å². The van der Waals surface area contributed by atoms with Gasteiger partial charge in [-0.1, -0.05) is 25.1 Å². The summed E-state index contributed by atoms with van der Waals surface area (Å²) >= 11 is 0. The van der Waals surface area contributed by atoms with Crippen molar-refractivity contribution in [2.75, 3.05) is 0 Å². The highest BCUT2D eigenvalue weighted by Gasteiger charge is 2.18. The number of aromatic nitrogens is 6. The van der Waals surface area contributed by atoms with E-state index in [-0.39, 0.29) is 18.5 Å².